The quantitative estimate of drug-likeness (QED) is 0.0976. The number of fused-ring (bicyclic) bond motifs is 13. The molecule has 2 atom stereocenters. The molecule has 12 heteroatoms. The number of ketones is 4. The Morgan fingerprint density at radius 1 is 0.443 bits per heavy atom. The molecule has 2 fully saturated rings. The van der Waals surface area contributed by atoms with Gasteiger partial charge in [0.25, 0.3) is 0 Å². The van der Waals surface area contributed by atoms with Crippen molar-refractivity contribution < 1.29 is 46.2 Å². The third kappa shape index (κ3) is 6.08. The third-order valence-corrected chi connectivity index (χ3v) is 18.1. The highest BCUT2D eigenvalue weighted by Gasteiger charge is 2.49. The van der Waals surface area contributed by atoms with Crippen LogP contribution in [0, 0.1) is 35.1 Å². The van der Waals surface area contributed by atoms with E-state index < -0.39 is 57.6 Å². The number of benzene rings is 4. The molecule has 2 aliphatic heterocycles. The molecule has 0 N–H and O–H groups in total. The van der Waals surface area contributed by atoms with Crippen LogP contribution in [0.3, 0.4) is 0 Å². The molecule has 0 bridgehead atoms. The number of carbonyl (C=O) groups is 4. The highest BCUT2D eigenvalue weighted by molar-refractivity contribution is 7.14. The van der Waals surface area contributed by atoms with E-state index in [0.717, 1.165) is 142 Å². The zero-order valence-electron chi connectivity index (χ0n) is 37.2. The Kier molecular flexibility index (Phi) is 8.96. The van der Waals surface area contributed by atoms with Gasteiger partial charge in [0.15, 0.2) is 46.4 Å². The second-order valence-electron chi connectivity index (χ2n) is 19.9. The fraction of sp³-hybridized carbons (Fsp3) is 0.241. The van der Waals surface area contributed by atoms with Crippen molar-refractivity contribution in [3.8, 4) is 0 Å². The summed E-state index contributed by atoms with van der Waals surface area (Å²) in [6.07, 6.45) is 21.7. The number of Topliss-reactive ketones (excluding diaryl/α,β-unsaturated/α-hetero) is 4. The van der Waals surface area contributed by atoms with Gasteiger partial charge in [0.05, 0.1) is 11.1 Å². The number of allylic oxidation sites excluding steroid dienone is 8. The maximum Gasteiger partial charge on any atom is 0.197 e. The summed E-state index contributed by atoms with van der Waals surface area (Å²) in [6.45, 7) is 0. The molecule has 6 nitrogen and oxygen atoms in total. The first-order chi connectivity index (χ1) is 33.8. The first kappa shape index (κ1) is 42.1. The number of hydrogen-bond donors (Lipinski definition) is 0. The molecule has 346 valence electrons. The number of hydrogen-bond acceptors (Lipinski definition) is 8. The Morgan fingerprint density at radius 3 is 1.10 bits per heavy atom. The second kappa shape index (κ2) is 14.9. The van der Waals surface area contributed by atoms with Gasteiger partial charge in [-0.3, -0.25) is 19.2 Å². The third-order valence-electron chi connectivity index (χ3n) is 15.8. The lowest BCUT2D eigenvalue weighted by atomic mass is 9.72. The van der Waals surface area contributed by atoms with E-state index in [4.69, 9.17) is 9.47 Å². The number of rotatable bonds is 2. The van der Waals surface area contributed by atoms with E-state index in [1.54, 1.807) is 12.2 Å². The summed E-state index contributed by atoms with van der Waals surface area (Å²) in [5.41, 5.74) is 3.58. The van der Waals surface area contributed by atoms with Crippen molar-refractivity contribution in [3.63, 3.8) is 0 Å². The molecule has 6 aliphatic carbocycles. The van der Waals surface area contributed by atoms with Crippen molar-refractivity contribution in [2.75, 3.05) is 0 Å². The van der Waals surface area contributed by atoms with Crippen LogP contribution in [0.2, 0.25) is 0 Å². The lowest BCUT2D eigenvalue weighted by Gasteiger charge is -2.46. The van der Waals surface area contributed by atoms with E-state index in [0.29, 0.717) is 21.5 Å². The van der Waals surface area contributed by atoms with Crippen LogP contribution in [-0.2, 0) is 20.7 Å². The SMILES string of the molecule is O=C1C(=Cc2cc3c(s2)C2=CC4C=C5OC6(CCCCC6)c6cc(C=C7C(=O)c8cc9cc(F)c(F)cc9cc8C7=O)sc6C5=CC4C=C2OC32CCCCC2)C(=O)c2cc3cc(F)c(F)cc3cc21. The first-order valence-corrected chi connectivity index (χ1v) is 25.5. The molecule has 2 aromatic heterocycles. The minimum absolute atomic E-state index is 0.0147. The summed E-state index contributed by atoms with van der Waals surface area (Å²) in [5.74, 6) is -4.46. The Balaban J connectivity index is 0.831. The van der Waals surface area contributed by atoms with Crippen LogP contribution >= 0.6 is 22.7 Å². The molecular formula is C58H38F4O6S2. The minimum atomic E-state index is -1.02. The van der Waals surface area contributed by atoms with Crippen molar-refractivity contribution in [3.05, 3.63) is 184 Å². The van der Waals surface area contributed by atoms with E-state index in [1.165, 1.54) is 46.9 Å². The minimum Gasteiger partial charge on any atom is -0.482 e. The summed E-state index contributed by atoms with van der Waals surface area (Å²) in [5, 5.41) is 1.36. The zero-order chi connectivity index (χ0) is 47.5. The van der Waals surface area contributed by atoms with Gasteiger partial charge in [-0.25, -0.2) is 17.6 Å². The van der Waals surface area contributed by atoms with E-state index in [2.05, 4.69) is 36.4 Å². The van der Waals surface area contributed by atoms with Gasteiger partial charge in [0, 0.05) is 75.9 Å². The zero-order valence-corrected chi connectivity index (χ0v) is 38.9. The lowest BCUT2D eigenvalue weighted by molar-refractivity contribution is -0.0339. The first-order valence-electron chi connectivity index (χ1n) is 23.9. The van der Waals surface area contributed by atoms with Crippen LogP contribution in [-0.4, -0.2) is 23.1 Å². The van der Waals surface area contributed by atoms with Crippen molar-refractivity contribution in [2.24, 2.45) is 11.8 Å². The van der Waals surface area contributed by atoms with Crippen molar-refractivity contribution in [1.29, 1.82) is 0 Å². The van der Waals surface area contributed by atoms with E-state index in [9.17, 15) is 36.7 Å². The largest absolute Gasteiger partial charge is 0.482 e. The molecule has 4 heterocycles. The van der Waals surface area contributed by atoms with E-state index in [-0.39, 0.29) is 45.2 Å². The molecule has 2 unspecified atom stereocenters. The van der Waals surface area contributed by atoms with E-state index >= 15 is 0 Å². The molecular weight excluding hydrogens is 933 g/mol. The van der Waals surface area contributed by atoms with Crippen LogP contribution < -0.4 is 0 Å². The predicted molar refractivity (Wildman–Crippen MR) is 260 cm³/mol. The standard InChI is InChI=1S/C58H38F4O6S2/c59-45-17-27-11-35-36(12-28(27)18-46(45)60)52(64)41(51(35)63)23-33-25-43-55(69-33)39-15-32-22-50-40(16-31(32)21-49(39)67-57(43)7-3-1-4-8-57)56-44(58(68-50)9-5-2-6-10-58)26-34(70-56)24-42-53(65)37-13-29-19-47(61)48(62)20-30(29)14-38(37)54(42)66/h11-26,31-32H,1-10H2. The van der Waals surface area contributed by atoms with E-state index in [1.807, 2.05) is 0 Å². The summed E-state index contributed by atoms with van der Waals surface area (Å²) >= 11 is 3.06. The van der Waals surface area contributed by atoms with Gasteiger partial charge in [-0.2, -0.15) is 0 Å². The smallest absolute Gasteiger partial charge is 0.197 e. The maximum absolute atomic E-state index is 14.2. The Labute approximate surface area is 406 Å². The normalized spacial score (nSPS) is 22.3. The van der Waals surface area contributed by atoms with Gasteiger partial charge < -0.3 is 9.47 Å². The molecule has 14 rings (SSSR count). The number of thiophene rings is 2. The fourth-order valence-electron chi connectivity index (χ4n) is 12.4. The number of halogens is 4. The van der Waals surface area contributed by atoms with Gasteiger partial charge >= 0.3 is 0 Å². The molecule has 0 amide bonds. The van der Waals surface area contributed by atoms with Gasteiger partial charge in [-0.15, -0.1) is 22.7 Å². The van der Waals surface area contributed by atoms with Crippen LogP contribution in [0.5, 0.6) is 0 Å². The summed E-state index contributed by atoms with van der Waals surface area (Å²) < 4.78 is 71.1. The van der Waals surface area contributed by atoms with Gasteiger partial charge in [0.1, 0.15) is 22.7 Å². The lowest BCUT2D eigenvalue weighted by Crippen LogP contribution is -2.37. The van der Waals surface area contributed by atoms with Crippen molar-refractivity contribution >= 4 is 90.6 Å². The Bertz CT molecular complexity index is 3350. The number of carbonyl (C=O) groups excluding carboxylic acids is 4. The van der Waals surface area contributed by atoms with Gasteiger partial charge in [-0.1, -0.05) is 25.0 Å². The molecule has 70 heavy (non-hydrogen) atoms. The maximum atomic E-state index is 14.2. The topological polar surface area (TPSA) is 86.7 Å². The molecule has 8 aliphatic rings. The molecule has 2 saturated carbocycles. The summed E-state index contributed by atoms with van der Waals surface area (Å²) in [6, 6.07) is 14.2. The molecule has 0 radical (unpaired) electrons. The van der Waals surface area contributed by atoms with Crippen LogP contribution in [0.4, 0.5) is 17.6 Å². The number of ether oxygens (including phenoxy) is 2. The average molecular weight is 971 g/mol. The second-order valence-corrected chi connectivity index (χ2v) is 22.1. The predicted octanol–water partition coefficient (Wildman–Crippen LogP) is 14.5. The fourth-order valence-corrected chi connectivity index (χ4v) is 14.8. The highest BCUT2D eigenvalue weighted by Crippen LogP contribution is 2.59. The summed E-state index contributed by atoms with van der Waals surface area (Å²) in [4.78, 5) is 59.0. The monoisotopic (exact) mass is 970 g/mol. The Hall–Kier alpha value is -6.76. The van der Waals surface area contributed by atoms with Crippen LogP contribution in [0.1, 0.15) is 136 Å². The molecule has 6 aromatic rings. The van der Waals surface area contributed by atoms with Crippen molar-refractivity contribution in [1.82, 2.24) is 0 Å². The Morgan fingerprint density at radius 2 is 0.771 bits per heavy atom. The highest BCUT2D eigenvalue weighted by atomic mass is 32.1. The van der Waals surface area contributed by atoms with Crippen LogP contribution in [0.15, 0.2) is 108 Å². The molecule has 2 spiro atoms. The molecule has 0 saturated heterocycles. The van der Waals surface area contributed by atoms with Gasteiger partial charge in [-0.05, 0) is 158 Å². The molecule has 4 aromatic carbocycles. The summed E-state index contributed by atoms with van der Waals surface area (Å²) in [7, 11) is 0. The van der Waals surface area contributed by atoms with Gasteiger partial charge in [0.2, 0.25) is 0 Å². The average Bonchev–Trinajstić information content (AvgIpc) is 4.10. The van der Waals surface area contributed by atoms with Crippen molar-refractivity contribution in [2.45, 2.75) is 75.4 Å². The van der Waals surface area contributed by atoms with Crippen LogP contribution in [0.25, 0.3) is 44.8 Å².